The third-order valence-corrected chi connectivity index (χ3v) is 2.78. The predicted molar refractivity (Wildman–Crippen MR) is 53.9 cm³/mol. The van der Waals surface area contributed by atoms with Gasteiger partial charge in [-0.25, -0.2) is 4.98 Å². The zero-order chi connectivity index (χ0) is 9.97. The van der Waals surface area contributed by atoms with Crippen molar-refractivity contribution in [2.75, 3.05) is 20.1 Å². The zero-order valence-electron chi connectivity index (χ0n) is 8.57. The average Bonchev–Trinajstić information content (AvgIpc) is 2.74. The van der Waals surface area contributed by atoms with Gasteiger partial charge >= 0.3 is 0 Å². The van der Waals surface area contributed by atoms with Gasteiger partial charge in [-0.15, -0.1) is 0 Å². The van der Waals surface area contributed by atoms with E-state index in [1.54, 1.807) is 6.26 Å². The molecule has 2 rings (SSSR count). The van der Waals surface area contributed by atoms with E-state index in [1.807, 2.05) is 0 Å². The SMILES string of the molecule is CN1CCCC1c1nc(CCN)co1. The summed E-state index contributed by atoms with van der Waals surface area (Å²) in [5, 5.41) is 0. The molecule has 78 valence electrons. The molecule has 1 aliphatic rings. The Bertz CT molecular complexity index is 297. The number of likely N-dealkylation sites (tertiary alicyclic amines) is 1. The number of rotatable bonds is 3. The summed E-state index contributed by atoms with van der Waals surface area (Å²) >= 11 is 0. The van der Waals surface area contributed by atoms with E-state index in [-0.39, 0.29) is 0 Å². The molecule has 0 spiro atoms. The second-order valence-electron chi connectivity index (χ2n) is 3.85. The first kappa shape index (κ1) is 9.68. The van der Waals surface area contributed by atoms with Crippen LogP contribution in [0.5, 0.6) is 0 Å². The molecule has 4 nitrogen and oxygen atoms in total. The molecule has 0 bridgehead atoms. The number of nitrogens with zero attached hydrogens (tertiary/aromatic N) is 2. The molecule has 4 heteroatoms. The Morgan fingerprint density at radius 1 is 1.71 bits per heavy atom. The lowest BCUT2D eigenvalue weighted by Crippen LogP contribution is -2.17. The lowest BCUT2D eigenvalue weighted by Gasteiger charge is -2.14. The lowest BCUT2D eigenvalue weighted by atomic mass is 10.2. The van der Waals surface area contributed by atoms with Crippen LogP contribution in [0.25, 0.3) is 0 Å². The van der Waals surface area contributed by atoms with Crippen molar-refractivity contribution in [3.63, 3.8) is 0 Å². The van der Waals surface area contributed by atoms with Gasteiger partial charge in [-0.2, -0.15) is 0 Å². The van der Waals surface area contributed by atoms with Gasteiger partial charge in [0, 0.05) is 6.42 Å². The van der Waals surface area contributed by atoms with Gasteiger partial charge in [0.15, 0.2) is 0 Å². The molecule has 2 N–H and O–H groups in total. The average molecular weight is 195 g/mol. The smallest absolute Gasteiger partial charge is 0.211 e. The summed E-state index contributed by atoms with van der Waals surface area (Å²) in [6.45, 7) is 1.77. The van der Waals surface area contributed by atoms with E-state index in [1.165, 1.54) is 6.42 Å². The molecular weight excluding hydrogens is 178 g/mol. The Balaban J connectivity index is 2.08. The number of aromatic nitrogens is 1. The number of nitrogens with two attached hydrogens (primary N) is 1. The molecule has 1 aromatic rings. The minimum atomic E-state index is 0.376. The van der Waals surface area contributed by atoms with Crippen LogP contribution in [0.2, 0.25) is 0 Å². The summed E-state index contributed by atoms with van der Waals surface area (Å²) in [4.78, 5) is 6.73. The Morgan fingerprint density at radius 3 is 3.21 bits per heavy atom. The molecule has 1 saturated heterocycles. The van der Waals surface area contributed by atoms with Crippen molar-refractivity contribution in [2.24, 2.45) is 5.73 Å². The summed E-state index contributed by atoms with van der Waals surface area (Å²) in [6, 6.07) is 0.376. The summed E-state index contributed by atoms with van der Waals surface area (Å²) < 4.78 is 5.46. The van der Waals surface area contributed by atoms with Crippen molar-refractivity contribution in [1.29, 1.82) is 0 Å². The Labute approximate surface area is 84.1 Å². The zero-order valence-corrected chi connectivity index (χ0v) is 8.57. The van der Waals surface area contributed by atoms with Crippen molar-refractivity contribution in [3.05, 3.63) is 17.8 Å². The summed E-state index contributed by atoms with van der Waals surface area (Å²) in [5.74, 6) is 0.855. The Morgan fingerprint density at radius 2 is 2.57 bits per heavy atom. The molecule has 0 amide bonds. The monoisotopic (exact) mass is 195 g/mol. The molecule has 0 aromatic carbocycles. The fourth-order valence-corrected chi connectivity index (χ4v) is 1.96. The van der Waals surface area contributed by atoms with Crippen LogP contribution in [-0.2, 0) is 6.42 Å². The van der Waals surface area contributed by atoms with Crippen molar-refractivity contribution in [1.82, 2.24) is 9.88 Å². The van der Waals surface area contributed by atoms with Crippen LogP contribution in [0, 0.1) is 0 Å². The van der Waals surface area contributed by atoms with Gasteiger partial charge < -0.3 is 10.2 Å². The largest absolute Gasteiger partial charge is 0.447 e. The van der Waals surface area contributed by atoms with E-state index >= 15 is 0 Å². The van der Waals surface area contributed by atoms with E-state index in [4.69, 9.17) is 10.2 Å². The van der Waals surface area contributed by atoms with Gasteiger partial charge in [0.2, 0.25) is 5.89 Å². The second kappa shape index (κ2) is 4.11. The van der Waals surface area contributed by atoms with E-state index in [0.717, 1.165) is 31.0 Å². The highest BCUT2D eigenvalue weighted by Crippen LogP contribution is 2.29. The van der Waals surface area contributed by atoms with E-state index in [9.17, 15) is 0 Å². The first-order valence-corrected chi connectivity index (χ1v) is 5.16. The topological polar surface area (TPSA) is 55.3 Å². The van der Waals surface area contributed by atoms with Crippen LogP contribution in [-0.4, -0.2) is 30.0 Å². The van der Waals surface area contributed by atoms with Gasteiger partial charge in [0.05, 0.1) is 11.7 Å². The fourth-order valence-electron chi connectivity index (χ4n) is 1.96. The summed E-state index contributed by atoms with van der Waals surface area (Å²) in [5.41, 5.74) is 6.43. The standard InChI is InChI=1S/C10H17N3O/c1-13-6-2-3-9(13)10-12-8(4-5-11)7-14-10/h7,9H,2-6,11H2,1H3. The molecule has 0 saturated carbocycles. The first-order valence-electron chi connectivity index (χ1n) is 5.16. The second-order valence-corrected chi connectivity index (χ2v) is 3.85. The highest BCUT2D eigenvalue weighted by Gasteiger charge is 2.26. The van der Waals surface area contributed by atoms with Gasteiger partial charge in [-0.3, -0.25) is 4.90 Å². The Kier molecular flexibility index (Phi) is 2.84. The number of hydrogen-bond acceptors (Lipinski definition) is 4. The number of oxazole rings is 1. The van der Waals surface area contributed by atoms with Gasteiger partial charge in [-0.05, 0) is 33.0 Å². The lowest BCUT2D eigenvalue weighted by molar-refractivity contribution is 0.268. The van der Waals surface area contributed by atoms with Gasteiger partial charge in [0.25, 0.3) is 0 Å². The quantitative estimate of drug-likeness (QED) is 0.780. The van der Waals surface area contributed by atoms with E-state index in [2.05, 4.69) is 16.9 Å². The fraction of sp³-hybridized carbons (Fsp3) is 0.700. The molecule has 1 aliphatic heterocycles. The first-order chi connectivity index (χ1) is 6.81. The van der Waals surface area contributed by atoms with Crippen molar-refractivity contribution >= 4 is 0 Å². The van der Waals surface area contributed by atoms with Crippen molar-refractivity contribution < 1.29 is 4.42 Å². The highest BCUT2D eigenvalue weighted by molar-refractivity contribution is 5.02. The van der Waals surface area contributed by atoms with E-state index in [0.29, 0.717) is 12.6 Å². The molecular formula is C10H17N3O. The Hall–Kier alpha value is -0.870. The van der Waals surface area contributed by atoms with E-state index < -0.39 is 0 Å². The molecule has 0 aliphatic carbocycles. The van der Waals surface area contributed by atoms with Crippen LogP contribution in [0.1, 0.15) is 30.5 Å². The molecule has 2 heterocycles. The molecule has 14 heavy (non-hydrogen) atoms. The maximum Gasteiger partial charge on any atom is 0.211 e. The summed E-state index contributed by atoms with van der Waals surface area (Å²) in [7, 11) is 2.12. The van der Waals surface area contributed by atoms with Crippen molar-refractivity contribution in [2.45, 2.75) is 25.3 Å². The molecule has 0 radical (unpaired) electrons. The molecule has 1 aromatic heterocycles. The minimum absolute atomic E-state index is 0.376. The van der Waals surface area contributed by atoms with Crippen LogP contribution < -0.4 is 5.73 Å². The van der Waals surface area contributed by atoms with Crippen LogP contribution in [0.3, 0.4) is 0 Å². The third kappa shape index (κ3) is 1.81. The maximum atomic E-state index is 5.46. The van der Waals surface area contributed by atoms with Gasteiger partial charge in [-0.1, -0.05) is 0 Å². The summed E-state index contributed by atoms with van der Waals surface area (Å²) in [6.07, 6.45) is 4.92. The predicted octanol–water partition coefficient (Wildman–Crippen LogP) is 0.942. The number of hydrogen-bond donors (Lipinski definition) is 1. The van der Waals surface area contributed by atoms with Gasteiger partial charge in [0.1, 0.15) is 6.26 Å². The molecule has 1 atom stereocenters. The van der Waals surface area contributed by atoms with Crippen LogP contribution in [0.4, 0.5) is 0 Å². The molecule has 1 unspecified atom stereocenters. The normalized spacial score (nSPS) is 23.1. The van der Waals surface area contributed by atoms with Crippen molar-refractivity contribution in [3.8, 4) is 0 Å². The third-order valence-electron chi connectivity index (χ3n) is 2.78. The molecule has 1 fully saturated rings. The minimum Gasteiger partial charge on any atom is -0.447 e. The van der Waals surface area contributed by atoms with Crippen LogP contribution in [0.15, 0.2) is 10.7 Å². The maximum absolute atomic E-state index is 5.46. The highest BCUT2D eigenvalue weighted by atomic mass is 16.3. The van der Waals surface area contributed by atoms with Crippen LogP contribution >= 0.6 is 0 Å².